The number of anilines is 1. The summed E-state index contributed by atoms with van der Waals surface area (Å²) in [6.07, 6.45) is 0. The number of benzene rings is 1. The number of fused-ring (bicyclic) bond motifs is 1. The average molecular weight is 315 g/mol. The number of hydrogen-bond donors (Lipinski definition) is 1. The molecule has 0 saturated heterocycles. The number of ketones is 1. The molecule has 1 amide bonds. The lowest BCUT2D eigenvalue weighted by Crippen LogP contribution is -2.42. The highest BCUT2D eigenvalue weighted by atomic mass is 35.5. The van der Waals surface area contributed by atoms with Crippen LogP contribution in [0.4, 0.5) is 5.69 Å². The molecule has 4 nitrogen and oxygen atoms in total. The monoisotopic (exact) mass is 314 g/mol. The van der Waals surface area contributed by atoms with Gasteiger partial charge in [0.05, 0.1) is 21.3 Å². The molecule has 108 valence electrons. The topological polar surface area (TPSA) is 49.4 Å². The highest BCUT2D eigenvalue weighted by molar-refractivity contribution is 6.56. The predicted octanol–water partition coefficient (Wildman–Crippen LogP) is 2.91. The lowest BCUT2D eigenvalue weighted by atomic mass is 10.1. The maximum atomic E-state index is 12.1. The van der Waals surface area contributed by atoms with Crippen molar-refractivity contribution in [2.45, 2.75) is 26.3 Å². The molecular formula is C14H16Cl2N2O2. The van der Waals surface area contributed by atoms with Crippen LogP contribution in [0, 0.1) is 0 Å². The predicted molar refractivity (Wildman–Crippen MR) is 80.9 cm³/mol. The van der Waals surface area contributed by atoms with E-state index in [1.54, 1.807) is 6.07 Å². The lowest BCUT2D eigenvalue weighted by Gasteiger charge is -2.24. The van der Waals surface area contributed by atoms with Crippen LogP contribution in [-0.2, 0) is 4.79 Å². The van der Waals surface area contributed by atoms with Gasteiger partial charge in [0.1, 0.15) is 0 Å². The summed E-state index contributed by atoms with van der Waals surface area (Å²) in [5.41, 5.74) is 0.568. The number of carbonyl (C=O) groups excluding carboxylic acids is 2. The molecular weight excluding hydrogens is 299 g/mol. The molecule has 0 aromatic heterocycles. The Bertz CT molecular complexity index is 579. The van der Waals surface area contributed by atoms with E-state index in [1.807, 2.05) is 20.8 Å². The van der Waals surface area contributed by atoms with Gasteiger partial charge in [-0.15, -0.1) is 0 Å². The number of carbonyl (C=O) groups is 2. The molecule has 1 aromatic rings. The minimum atomic E-state index is -0.594. The quantitative estimate of drug-likeness (QED) is 0.873. The third kappa shape index (κ3) is 2.82. The first-order valence-electron chi connectivity index (χ1n) is 6.31. The Kier molecular flexibility index (Phi) is 4.09. The van der Waals surface area contributed by atoms with E-state index in [9.17, 15) is 9.59 Å². The largest absolute Gasteiger partial charge is 0.310 e. The fourth-order valence-corrected chi connectivity index (χ4v) is 2.61. The number of rotatable bonds is 3. The average Bonchev–Trinajstić information content (AvgIpc) is 2.58. The van der Waals surface area contributed by atoms with Crippen molar-refractivity contribution < 1.29 is 9.59 Å². The van der Waals surface area contributed by atoms with E-state index < -0.39 is 11.7 Å². The van der Waals surface area contributed by atoms with E-state index in [-0.39, 0.29) is 16.1 Å². The van der Waals surface area contributed by atoms with Gasteiger partial charge in [0, 0.05) is 18.6 Å². The number of nitrogens with zero attached hydrogens (tertiary/aromatic N) is 1. The molecule has 1 aromatic carbocycles. The highest BCUT2D eigenvalue weighted by Gasteiger charge is 2.39. The highest BCUT2D eigenvalue weighted by Crippen LogP contribution is 2.39. The lowest BCUT2D eigenvalue weighted by molar-refractivity contribution is -0.114. The van der Waals surface area contributed by atoms with Gasteiger partial charge in [0.25, 0.3) is 11.7 Å². The van der Waals surface area contributed by atoms with Crippen molar-refractivity contribution in [2.75, 3.05) is 18.0 Å². The van der Waals surface area contributed by atoms with Crippen LogP contribution in [0.1, 0.15) is 31.1 Å². The van der Waals surface area contributed by atoms with E-state index >= 15 is 0 Å². The molecule has 1 aliphatic rings. The summed E-state index contributed by atoms with van der Waals surface area (Å²) in [5.74, 6) is -1.17. The van der Waals surface area contributed by atoms with E-state index in [0.717, 1.165) is 0 Å². The van der Waals surface area contributed by atoms with Gasteiger partial charge < -0.3 is 10.2 Å². The SMILES string of the molecule is CC(C)(C)NCCN1C(=O)C(=O)c2c(Cl)ccc(Cl)c21. The summed E-state index contributed by atoms with van der Waals surface area (Å²) >= 11 is 12.1. The van der Waals surface area contributed by atoms with E-state index in [0.29, 0.717) is 23.8 Å². The van der Waals surface area contributed by atoms with Crippen LogP contribution in [0.3, 0.4) is 0 Å². The van der Waals surface area contributed by atoms with Gasteiger partial charge in [-0.05, 0) is 32.9 Å². The van der Waals surface area contributed by atoms with Crippen molar-refractivity contribution in [3.05, 3.63) is 27.7 Å². The molecule has 2 rings (SSSR count). The zero-order chi connectivity index (χ0) is 15.1. The second kappa shape index (κ2) is 5.35. The first-order chi connectivity index (χ1) is 9.22. The molecule has 1 N–H and O–H groups in total. The second-order valence-corrected chi connectivity index (χ2v) is 6.53. The van der Waals surface area contributed by atoms with E-state index in [2.05, 4.69) is 5.32 Å². The Labute approximate surface area is 128 Å². The minimum Gasteiger partial charge on any atom is -0.310 e. The van der Waals surface area contributed by atoms with Crippen LogP contribution in [0.25, 0.3) is 0 Å². The summed E-state index contributed by atoms with van der Waals surface area (Å²) < 4.78 is 0. The molecule has 1 heterocycles. The van der Waals surface area contributed by atoms with Crippen molar-refractivity contribution in [1.82, 2.24) is 5.32 Å². The molecule has 0 aliphatic carbocycles. The standard InChI is InChI=1S/C14H16Cl2N2O2/c1-14(2,3)17-6-7-18-11-9(16)5-4-8(15)10(11)12(19)13(18)20/h4-5,17H,6-7H2,1-3H3. The molecule has 0 unspecified atom stereocenters. The first-order valence-corrected chi connectivity index (χ1v) is 7.07. The molecule has 1 aliphatic heterocycles. The molecule has 0 spiro atoms. The number of halogens is 2. The van der Waals surface area contributed by atoms with Crippen molar-refractivity contribution in [2.24, 2.45) is 0 Å². The van der Waals surface area contributed by atoms with Crippen molar-refractivity contribution in [3.8, 4) is 0 Å². The summed E-state index contributed by atoms with van der Waals surface area (Å²) in [7, 11) is 0. The second-order valence-electron chi connectivity index (χ2n) is 5.72. The number of hydrogen-bond acceptors (Lipinski definition) is 3. The van der Waals surface area contributed by atoms with Crippen molar-refractivity contribution in [1.29, 1.82) is 0 Å². The number of amides is 1. The Hall–Kier alpha value is -1.10. The fraction of sp³-hybridized carbons (Fsp3) is 0.429. The summed E-state index contributed by atoms with van der Waals surface area (Å²) in [4.78, 5) is 25.4. The molecule has 0 atom stereocenters. The van der Waals surface area contributed by atoms with Crippen LogP contribution < -0.4 is 10.2 Å². The molecule has 0 radical (unpaired) electrons. The fourth-order valence-electron chi connectivity index (χ4n) is 2.11. The van der Waals surface area contributed by atoms with E-state index in [1.165, 1.54) is 11.0 Å². The molecule has 0 bridgehead atoms. The van der Waals surface area contributed by atoms with Gasteiger partial charge >= 0.3 is 0 Å². The van der Waals surface area contributed by atoms with Gasteiger partial charge in [0.15, 0.2) is 0 Å². The Morgan fingerprint density at radius 2 is 1.75 bits per heavy atom. The molecule has 0 fully saturated rings. The van der Waals surface area contributed by atoms with Crippen molar-refractivity contribution >= 4 is 40.6 Å². The third-order valence-electron chi connectivity index (χ3n) is 3.00. The summed E-state index contributed by atoms with van der Waals surface area (Å²) in [6.45, 7) is 7.02. The van der Waals surface area contributed by atoms with Gasteiger partial charge in [-0.1, -0.05) is 23.2 Å². The van der Waals surface area contributed by atoms with Crippen LogP contribution in [0.15, 0.2) is 12.1 Å². The number of Topliss-reactive ketones (excluding diaryl/α,β-unsaturated/α-hetero) is 1. The van der Waals surface area contributed by atoms with Crippen LogP contribution in [0.2, 0.25) is 10.0 Å². The van der Waals surface area contributed by atoms with Crippen LogP contribution >= 0.6 is 23.2 Å². The normalized spacial score (nSPS) is 14.9. The van der Waals surface area contributed by atoms with Crippen LogP contribution in [0.5, 0.6) is 0 Å². The Morgan fingerprint density at radius 3 is 2.35 bits per heavy atom. The van der Waals surface area contributed by atoms with Gasteiger partial charge in [-0.25, -0.2) is 0 Å². The maximum Gasteiger partial charge on any atom is 0.299 e. The zero-order valence-corrected chi connectivity index (χ0v) is 13.1. The van der Waals surface area contributed by atoms with Crippen molar-refractivity contribution in [3.63, 3.8) is 0 Å². The smallest absolute Gasteiger partial charge is 0.299 e. The molecule has 0 saturated carbocycles. The Morgan fingerprint density at radius 1 is 1.15 bits per heavy atom. The minimum absolute atomic E-state index is 0.0618. The summed E-state index contributed by atoms with van der Waals surface area (Å²) in [5, 5.41) is 3.89. The summed E-state index contributed by atoms with van der Waals surface area (Å²) in [6, 6.07) is 3.13. The Balaban J connectivity index is 2.27. The van der Waals surface area contributed by atoms with E-state index in [4.69, 9.17) is 23.2 Å². The van der Waals surface area contributed by atoms with Gasteiger partial charge in [-0.2, -0.15) is 0 Å². The van der Waals surface area contributed by atoms with Gasteiger partial charge in [-0.3, -0.25) is 9.59 Å². The molecule has 20 heavy (non-hydrogen) atoms. The first kappa shape index (κ1) is 15.3. The third-order valence-corrected chi connectivity index (χ3v) is 3.62. The molecule has 6 heteroatoms. The van der Waals surface area contributed by atoms with Gasteiger partial charge in [0.2, 0.25) is 0 Å². The number of nitrogens with one attached hydrogen (secondary N) is 1. The zero-order valence-electron chi connectivity index (χ0n) is 11.6. The maximum absolute atomic E-state index is 12.1. The van der Waals surface area contributed by atoms with Crippen LogP contribution in [-0.4, -0.2) is 30.3 Å².